The summed E-state index contributed by atoms with van der Waals surface area (Å²) in [6.45, 7) is 1.84. The van der Waals surface area contributed by atoms with E-state index in [0.717, 1.165) is 6.42 Å². The summed E-state index contributed by atoms with van der Waals surface area (Å²) in [5, 5.41) is 0. The smallest absolute Gasteiger partial charge is 0.811 e. The Morgan fingerprint density at radius 1 is 1.44 bits per heavy atom. The minimum absolute atomic E-state index is 0. The molecule has 0 rings (SSSR count). The van der Waals surface area contributed by atoms with Gasteiger partial charge in [-0.25, -0.2) is 0 Å². The fourth-order valence-corrected chi connectivity index (χ4v) is 1.06. The summed E-state index contributed by atoms with van der Waals surface area (Å²) in [5.41, 5.74) is 0. The van der Waals surface area contributed by atoms with Gasteiger partial charge < -0.3 is 14.4 Å². The van der Waals surface area contributed by atoms with Crippen molar-refractivity contribution in [3.8, 4) is 0 Å². The molecule has 0 spiro atoms. The molecule has 0 N–H and O–H groups in total. The second kappa shape index (κ2) is 5.83. The van der Waals surface area contributed by atoms with Crippen LogP contribution in [0.4, 0.5) is 0 Å². The summed E-state index contributed by atoms with van der Waals surface area (Å²) < 4.78 is 9.86. The first-order chi connectivity index (χ1) is 3.56. The number of hydrogen-bond acceptors (Lipinski definition) is 3. The van der Waals surface area contributed by atoms with Crippen molar-refractivity contribution in [3.63, 3.8) is 0 Å². The standard InChI is InChI=1S/C4H11O3P.Cd/c1-2-3-4-8(5,6)7;/h2-4H2,1H3,(H2,5,6,7);/q;+2/p-2. The number of rotatable bonds is 3. The van der Waals surface area contributed by atoms with Gasteiger partial charge in [0.1, 0.15) is 0 Å². The van der Waals surface area contributed by atoms with Gasteiger partial charge in [-0.1, -0.05) is 20.9 Å². The van der Waals surface area contributed by atoms with Gasteiger partial charge in [0.2, 0.25) is 0 Å². The average molecular weight is 248 g/mol. The van der Waals surface area contributed by atoms with Gasteiger partial charge in [-0.2, -0.15) is 0 Å². The molecule has 0 radical (unpaired) electrons. The molecular formula is C4H9CdO3P. The molecule has 0 saturated heterocycles. The van der Waals surface area contributed by atoms with Crippen molar-refractivity contribution in [2.75, 3.05) is 6.16 Å². The van der Waals surface area contributed by atoms with Crippen LogP contribution in [-0.2, 0) is 31.9 Å². The van der Waals surface area contributed by atoms with E-state index in [9.17, 15) is 14.4 Å². The second-order valence-electron chi connectivity index (χ2n) is 1.69. The molecule has 0 aromatic heterocycles. The summed E-state index contributed by atoms with van der Waals surface area (Å²) >= 11 is 0. The fourth-order valence-electron chi connectivity index (χ4n) is 0.352. The SMILES string of the molecule is CCCCP(=O)([O-])[O-].[Cd+2]. The quantitative estimate of drug-likeness (QED) is 0.509. The first-order valence-electron chi connectivity index (χ1n) is 2.57. The van der Waals surface area contributed by atoms with Crippen molar-refractivity contribution in [3.05, 3.63) is 0 Å². The summed E-state index contributed by atoms with van der Waals surface area (Å²) in [7, 11) is -4.18. The molecule has 3 nitrogen and oxygen atoms in total. The van der Waals surface area contributed by atoms with Crippen LogP contribution in [0.1, 0.15) is 19.8 Å². The van der Waals surface area contributed by atoms with Crippen LogP contribution in [0.3, 0.4) is 0 Å². The maximum atomic E-state index is 9.86. The summed E-state index contributed by atoms with van der Waals surface area (Å²) in [5.74, 6) is 0. The zero-order valence-electron chi connectivity index (χ0n) is 5.50. The van der Waals surface area contributed by atoms with Gasteiger partial charge >= 0.3 is 27.3 Å². The number of unbranched alkanes of at least 4 members (excludes halogenated alkanes) is 1. The molecule has 9 heavy (non-hydrogen) atoms. The maximum absolute atomic E-state index is 9.86. The van der Waals surface area contributed by atoms with E-state index in [-0.39, 0.29) is 33.5 Å². The first-order valence-corrected chi connectivity index (χ1v) is 4.30. The third-order valence-electron chi connectivity index (χ3n) is 0.786. The van der Waals surface area contributed by atoms with E-state index >= 15 is 0 Å². The summed E-state index contributed by atoms with van der Waals surface area (Å²) in [6.07, 6.45) is 1.06. The first kappa shape index (κ1) is 12.7. The van der Waals surface area contributed by atoms with Crippen molar-refractivity contribution < 1.29 is 41.7 Å². The van der Waals surface area contributed by atoms with Crippen LogP contribution >= 0.6 is 7.60 Å². The predicted molar refractivity (Wildman–Crippen MR) is 27.4 cm³/mol. The van der Waals surface area contributed by atoms with Crippen LogP contribution in [0.2, 0.25) is 0 Å². The van der Waals surface area contributed by atoms with Crippen molar-refractivity contribution in [1.82, 2.24) is 0 Å². The van der Waals surface area contributed by atoms with E-state index in [2.05, 4.69) is 0 Å². The zero-order chi connectivity index (χ0) is 6.62. The number of hydrogen-bond donors (Lipinski definition) is 0. The Balaban J connectivity index is 0. The van der Waals surface area contributed by atoms with Gasteiger partial charge in [0.25, 0.3) is 0 Å². The van der Waals surface area contributed by atoms with Crippen LogP contribution in [0, 0.1) is 0 Å². The molecule has 0 aromatic rings. The van der Waals surface area contributed by atoms with Gasteiger partial charge in [0, 0.05) is 0 Å². The van der Waals surface area contributed by atoms with E-state index in [0.29, 0.717) is 6.42 Å². The average Bonchev–Trinajstić information content (AvgIpc) is 1.59. The van der Waals surface area contributed by atoms with E-state index in [4.69, 9.17) is 0 Å². The van der Waals surface area contributed by atoms with E-state index in [1.807, 2.05) is 6.92 Å². The topological polar surface area (TPSA) is 63.2 Å². The predicted octanol–water partition coefficient (Wildman–Crippen LogP) is -0.302. The van der Waals surface area contributed by atoms with Crippen LogP contribution in [-0.4, -0.2) is 6.16 Å². The van der Waals surface area contributed by atoms with Crippen LogP contribution in [0.25, 0.3) is 0 Å². The monoisotopic (exact) mass is 250 g/mol. The largest absolute Gasteiger partial charge is 2.00 e. The van der Waals surface area contributed by atoms with Crippen molar-refractivity contribution in [2.45, 2.75) is 19.8 Å². The fraction of sp³-hybridized carbons (Fsp3) is 1.00. The maximum Gasteiger partial charge on any atom is 2.00 e. The Kier molecular flexibility index (Phi) is 8.24. The molecular weight excluding hydrogens is 239 g/mol. The molecule has 0 heterocycles. The van der Waals surface area contributed by atoms with Crippen LogP contribution in [0.15, 0.2) is 0 Å². The van der Waals surface area contributed by atoms with E-state index < -0.39 is 7.60 Å². The van der Waals surface area contributed by atoms with Gasteiger partial charge in [-0.3, -0.25) is 0 Å². The van der Waals surface area contributed by atoms with E-state index in [1.54, 1.807) is 0 Å². The second-order valence-corrected chi connectivity index (χ2v) is 3.36. The minimum atomic E-state index is -4.18. The molecule has 0 bridgehead atoms. The molecule has 0 atom stereocenters. The molecule has 0 fully saturated rings. The Labute approximate surface area is 75.2 Å². The minimum Gasteiger partial charge on any atom is -0.811 e. The summed E-state index contributed by atoms with van der Waals surface area (Å²) in [4.78, 5) is 19.7. The molecule has 0 amide bonds. The van der Waals surface area contributed by atoms with Crippen LogP contribution < -0.4 is 9.79 Å². The van der Waals surface area contributed by atoms with Crippen molar-refractivity contribution >= 4 is 7.60 Å². The van der Waals surface area contributed by atoms with Crippen molar-refractivity contribution in [2.24, 2.45) is 0 Å². The Bertz CT molecular complexity index is 100.0. The molecule has 50 valence electrons. The molecule has 0 aromatic carbocycles. The third-order valence-corrected chi connectivity index (χ3v) is 1.65. The van der Waals surface area contributed by atoms with Gasteiger partial charge in [-0.05, 0) is 12.6 Å². The molecule has 5 heteroatoms. The molecule has 0 aliphatic heterocycles. The molecule has 0 saturated carbocycles. The molecule has 0 unspecified atom stereocenters. The van der Waals surface area contributed by atoms with Gasteiger partial charge in [0.05, 0.1) is 0 Å². The normalized spacial score (nSPS) is 10.6. The third kappa shape index (κ3) is 12.3. The van der Waals surface area contributed by atoms with E-state index in [1.165, 1.54) is 0 Å². The Morgan fingerprint density at radius 3 is 2.00 bits per heavy atom. The Hall–Kier alpha value is 1.07. The Morgan fingerprint density at radius 2 is 1.89 bits per heavy atom. The van der Waals surface area contributed by atoms with Crippen LogP contribution in [0.5, 0.6) is 0 Å². The molecule has 0 aliphatic carbocycles. The summed E-state index contributed by atoms with van der Waals surface area (Å²) in [6, 6.07) is 0. The van der Waals surface area contributed by atoms with Gasteiger partial charge in [0.15, 0.2) is 0 Å². The van der Waals surface area contributed by atoms with Gasteiger partial charge in [-0.15, -0.1) is 0 Å². The van der Waals surface area contributed by atoms with Crippen molar-refractivity contribution in [1.29, 1.82) is 0 Å². The molecule has 0 aliphatic rings. The zero-order valence-corrected chi connectivity index (χ0v) is 10.4.